The van der Waals surface area contributed by atoms with Gasteiger partial charge >= 0.3 is 0 Å². The Labute approximate surface area is 134 Å². The molecule has 0 unspecified atom stereocenters. The summed E-state index contributed by atoms with van der Waals surface area (Å²) in [5, 5.41) is 11.6. The number of nitrogens with one attached hydrogen (secondary N) is 1. The van der Waals surface area contributed by atoms with Crippen molar-refractivity contribution >= 4 is 11.8 Å². The van der Waals surface area contributed by atoms with E-state index in [2.05, 4.69) is 15.3 Å². The number of methoxy groups -OCH3 is 2. The molecule has 3 N–H and O–H groups in total. The summed E-state index contributed by atoms with van der Waals surface area (Å²) in [6, 6.07) is 10.8. The molecule has 0 amide bonds. The topological polar surface area (TPSA) is 106 Å². The maximum absolute atomic E-state index is 8.74. The number of nitrogens with two attached hydrogens (primary N) is 1. The van der Waals surface area contributed by atoms with Crippen molar-refractivity contribution < 1.29 is 9.47 Å². The van der Waals surface area contributed by atoms with Crippen LogP contribution in [0.5, 0.6) is 11.5 Å². The van der Waals surface area contributed by atoms with Crippen LogP contribution >= 0.6 is 0 Å². The Morgan fingerprint density at radius 3 is 2.48 bits per heavy atom. The summed E-state index contributed by atoms with van der Waals surface area (Å²) in [5.74, 6) is 2.07. The lowest BCUT2D eigenvalue weighted by atomic mass is 10.2. The minimum atomic E-state index is 0.204. The highest BCUT2D eigenvalue weighted by Gasteiger charge is 2.09. The molecule has 2 aromatic rings. The quantitative estimate of drug-likeness (QED) is 0.645. The summed E-state index contributed by atoms with van der Waals surface area (Å²) in [7, 11) is 3.18. The van der Waals surface area contributed by atoms with Gasteiger partial charge in [0.05, 0.1) is 31.9 Å². The van der Waals surface area contributed by atoms with Crippen LogP contribution in [0.25, 0.3) is 0 Å². The van der Waals surface area contributed by atoms with Crippen molar-refractivity contribution in [3.63, 3.8) is 0 Å². The number of hydrogen-bond acceptors (Lipinski definition) is 5. The van der Waals surface area contributed by atoms with Crippen LogP contribution in [0.15, 0.2) is 41.5 Å². The molecular weight excluding hydrogens is 294 g/mol. The van der Waals surface area contributed by atoms with Gasteiger partial charge in [0.25, 0.3) is 0 Å². The normalized spacial score (nSPS) is 10.7. The second-order valence-electron chi connectivity index (χ2n) is 4.51. The SMILES string of the molecule is COc1cccc(OC)c1CN=C(N)Nc1ccc(C#N)cn1. The van der Waals surface area contributed by atoms with Gasteiger partial charge < -0.3 is 20.5 Å². The summed E-state index contributed by atoms with van der Waals surface area (Å²) < 4.78 is 10.6. The van der Waals surface area contributed by atoms with Crippen molar-refractivity contribution in [2.24, 2.45) is 10.7 Å². The van der Waals surface area contributed by atoms with Crippen LogP contribution in [-0.4, -0.2) is 25.2 Å². The molecule has 23 heavy (non-hydrogen) atoms. The molecular formula is C16H17N5O2. The smallest absolute Gasteiger partial charge is 0.194 e. The second-order valence-corrected chi connectivity index (χ2v) is 4.51. The van der Waals surface area contributed by atoms with Gasteiger partial charge in [-0.2, -0.15) is 5.26 Å². The van der Waals surface area contributed by atoms with E-state index in [4.69, 9.17) is 20.5 Å². The van der Waals surface area contributed by atoms with Crippen LogP contribution in [0.1, 0.15) is 11.1 Å². The number of guanidine groups is 1. The number of aliphatic imine (C=N–C) groups is 1. The fourth-order valence-electron chi connectivity index (χ4n) is 1.95. The Balaban J connectivity index is 2.11. The highest BCUT2D eigenvalue weighted by atomic mass is 16.5. The zero-order valence-corrected chi connectivity index (χ0v) is 12.9. The number of aromatic nitrogens is 1. The molecule has 0 spiro atoms. The number of rotatable bonds is 5. The molecule has 1 heterocycles. The number of hydrogen-bond donors (Lipinski definition) is 2. The molecule has 2 rings (SSSR count). The van der Waals surface area contributed by atoms with Crippen LogP contribution in [0.3, 0.4) is 0 Å². The van der Waals surface area contributed by atoms with Gasteiger partial charge in [0.2, 0.25) is 0 Å². The average Bonchev–Trinajstić information content (AvgIpc) is 2.60. The largest absolute Gasteiger partial charge is 0.496 e. The fraction of sp³-hybridized carbons (Fsp3) is 0.188. The van der Waals surface area contributed by atoms with Gasteiger partial charge in [0.1, 0.15) is 23.4 Å². The Morgan fingerprint density at radius 2 is 1.96 bits per heavy atom. The number of anilines is 1. The summed E-state index contributed by atoms with van der Waals surface area (Å²) in [6.07, 6.45) is 1.46. The lowest BCUT2D eigenvalue weighted by Gasteiger charge is -2.11. The van der Waals surface area contributed by atoms with Crippen molar-refractivity contribution in [3.8, 4) is 17.6 Å². The van der Waals surface area contributed by atoms with Crippen LogP contribution in [0.4, 0.5) is 5.82 Å². The van der Waals surface area contributed by atoms with Crippen LogP contribution in [0.2, 0.25) is 0 Å². The zero-order chi connectivity index (χ0) is 16.7. The number of nitrogens with zero attached hydrogens (tertiary/aromatic N) is 3. The van der Waals surface area contributed by atoms with E-state index in [-0.39, 0.29) is 5.96 Å². The monoisotopic (exact) mass is 311 g/mol. The lowest BCUT2D eigenvalue weighted by Crippen LogP contribution is -2.23. The van der Waals surface area contributed by atoms with E-state index in [0.717, 1.165) is 5.56 Å². The van der Waals surface area contributed by atoms with Crippen molar-refractivity contribution in [2.45, 2.75) is 6.54 Å². The number of nitriles is 1. The predicted molar refractivity (Wildman–Crippen MR) is 87.4 cm³/mol. The average molecular weight is 311 g/mol. The van der Waals surface area contributed by atoms with Gasteiger partial charge in [-0.3, -0.25) is 0 Å². The third kappa shape index (κ3) is 4.11. The van der Waals surface area contributed by atoms with Crippen LogP contribution in [-0.2, 0) is 6.54 Å². The standard InChI is InChI=1S/C16H17N5O2/c1-22-13-4-3-5-14(23-2)12(13)10-20-16(18)21-15-7-6-11(8-17)9-19-15/h3-7,9H,10H2,1-2H3,(H3,18,19,20,21). The molecule has 7 nitrogen and oxygen atoms in total. The van der Waals surface area contributed by atoms with E-state index in [1.165, 1.54) is 6.20 Å². The summed E-state index contributed by atoms with van der Waals surface area (Å²) >= 11 is 0. The van der Waals surface area contributed by atoms with Crippen molar-refractivity contribution in [1.82, 2.24) is 4.98 Å². The summed E-state index contributed by atoms with van der Waals surface area (Å²) in [6.45, 7) is 0.294. The highest BCUT2D eigenvalue weighted by Crippen LogP contribution is 2.28. The molecule has 0 saturated carbocycles. The first-order valence-corrected chi connectivity index (χ1v) is 6.81. The van der Waals surface area contributed by atoms with Gasteiger partial charge in [-0.05, 0) is 24.3 Å². The van der Waals surface area contributed by atoms with Crippen LogP contribution < -0.4 is 20.5 Å². The first kappa shape index (κ1) is 16.1. The Morgan fingerprint density at radius 1 is 1.26 bits per heavy atom. The Hall–Kier alpha value is -3.27. The first-order valence-electron chi connectivity index (χ1n) is 6.81. The van der Waals surface area contributed by atoms with Gasteiger partial charge in [-0.15, -0.1) is 0 Å². The molecule has 0 fully saturated rings. The van der Waals surface area contributed by atoms with Crippen molar-refractivity contribution in [2.75, 3.05) is 19.5 Å². The molecule has 0 radical (unpaired) electrons. The zero-order valence-electron chi connectivity index (χ0n) is 12.9. The van der Waals surface area contributed by atoms with E-state index in [1.807, 2.05) is 24.3 Å². The third-order valence-electron chi connectivity index (χ3n) is 3.09. The van der Waals surface area contributed by atoms with Gasteiger partial charge in [0.15, 0.2) is 5.96 Å². The lowest BCUT2D eigenvalue weighted by molar-refractivity contribution is 0.385. The van der Waals surface area contributed by atoms with E-state index in [0.29, 0.717) is 29.4 Å². The van der Waals surface area contributed by atoms with E-state index in [9.17, 15) is 0 Å². The maximum atomic E-state index is 8.74. The molecule has 0 bridgehead atoms. The van der Waals surface area contributed by atoms with Crippen LogP contribution in [0, 0.1) is 11.3 Å². The Kier molecular flexibility index (Phi) is 5.36. The number of ether oxygens (including phenoxy) is 2. The molecule has 0 atom stereocenters. The van der Waals surface area contributed by atoms with E-state index < -0.39 is 0 Å². The molecule has 0 aliphatic heterocycles. The highest BCUT2D eigenvalue weighted by molar-refractivity contribution is 5.91. The first-order chi connectivity index (χ1) is 11.2. The molecule has 0 aliphatic carbocycles. The molecule has 1 aromatic carbocycles. The minimum Gasteiger partial charge on any atom is -0.496 e. The van der Waals surface area contributed by atoms with Gasteiger partial charge in [-0.25, -0.2) is 9.98 Å². The Bertz CT molecular complexity index is 713. The van der Waals surface area contributed by atoms with E-state index in [1.54, 1.807) is 26.4 Å². The minimum absolute atomic E-state index is 0.204. The van der Waals surface area contributed by atoms with Gasteiger partial charge in [0, 0.05) is 6.20 Å². The van der Waals surface area contributed by atoms with Crippen molar-refractivity contribution in [1.29, 1.82) is 5.26 Å². The van der Waals surface area contributed by atoms with Crippen molar-refractivity contribution in [3.05, 3.63) is 47.7 Å². The molecule has 0 aliphatic rings. The van der Waals surface area contributed by atoms with E-state index >= 15 is 0 Å². The fourth-order valence-corrected chi connectivity index (χ4v) is 1.95. The predicted octanol–water partition coefficient (Wildman–Crippen LogP) is 1.90. The molecule has 1 aromatic heterocycles. The number of benzene rings is 1. The maximum Gasteiger partial charge on any atom is 0.194 e. The second kappa shape index (κ2) is 7.66. The molecule has 0 saturated heterocycles. The summed E-state index contributed by atoms with van der Waals surface area (Å²) in [4.78, 5) is 8.34. The third-order valence-corrected chi connectivity index (χ3v) is 3.09. The molecule has 7 heteroatoms. The molecule has 118 valence electrons. The van der Waals surface area contributed by atoms with Gasteiger partial charge in [-0.1, -0.05) is 6.07 Å². The number of pyridine rings is 1. The summed E-state index contributed by atoms with van der Waals surface area (Å²) in [5.41, 5.74) is 7.14.